The first-order valence-corrected chi connectivity index (χ1v) is 5.55. The van der Waals surface area contributed by atoms with E-state index < -0.39 is 5.97 Å². The molecule has 1 aromatic heterocycles. The lowest BCUT2D eigenvalue weighted by molar-refractivity contribution is 0.0602. The molecular weight excluding hydrogens is 245 g/mol. The zero-order valence-electron chi connectivity index (χ0n) is 9.46. The van der Waals surface area contributed by atoms with Gasteiger partial charge < -0.3 is 9.30 Å². The van der Waals surface area contributed by atoms with E-state index in [4.69, 9.17) is 16.3 Å². The van der Waals surface area contributed by atoms with Crippen LogP contribution in [0.25, 0.3) is 10.9 Å². The second-order valence-electron chi connectivity index (χ2n) is 3.64. The zero-order chi connectivity index (χ0) is 12.6. The first-order chi connectivity index (χ1) is 8.11. The smallest absolute Gasteiger partial charge is 0.340 e. The highest BCUT2D eigenvalue weighted by Gasteiger charge is 2.22. The molecule has 0 spiro atoms. The van der Waals surface area contributed by atoms with Crippen molar-refractivity contribution >= 4 is 28.5 Å². The Morgan fingerprint density at radius 1 is 1.53 bits per heavy atom. The Balaban J connectivity index is 2.90. The van der Waals surface area contributed by atoms with Crippen molar-refractivity contribution in [3.05, 3.63) is 35.3 Å². The summed E-state index contributed by atoms with van der Waals surface area (Å²) in [6.07, 6.45) is 0. The van der Waals surface area contributed by atoms with Crippen molar-refractivity contribution in [3.8, 4) is 0 Å². The molecule has 0 fully saturated rings. The van der Waals surface area contributed by atoms with E-state index >= 15 is 0 Å². The largest absolute Gasteiger partial charge is 0.465 e. The third-order valence-electron chi connectivity index (χ3n) is 2.80. The average molecular weight is 256 g/mol. The van der Waals surface area contributed by atoms with Crippen LogP contribution in [0, 0.1) is 5.82 Å². The van der Waals surface area contributed by atoms with Crippen LogP contribution in [0.15, 0.2) is 18.2 Å². The van der Waals surface area contributed by atoms with Crippen molar-refractivity contribution < 1.29 is 13.9 Å². The lowest BCUT2D eigenvalue weighted by atomic mass is 10.1. The molecule has 0 radical (unpaired) electrons. The van der Waals surface area contributed by atoms with Crippen LogP contribution in [-0.4, -0.2) is 17.6 Å². The van der Waals surface area contributed by atoms with Gasteiger partial charge in [-0.15, -0.1) is 11.6 Å². The van der Waals surface area contributed by atoms with E-state index in [1.54, 1.807) is 23.7 Å². The number of rotatable bonds is 2. The maximum Gasteiger partial charge on any atom is 0.340 e. The number of ether oxygens (including phenoxy) is 1. The number of carbonyl (C=O) groups excluding carboxylic acids is 1. The number of esters is 1. The molecule has 0 bridgehead atoms. The van der Waals surface area contributed by atoms with Crippen molar-refractivity contribution in [1.29, 1.82) is 0 Å². The Bertz CT molecular complexity index is 592. The SMILES string of the molecule is COC(=O)c1c(CCl)n(C)c2c(F)cccc12. The maximum atomic E-state index is 13.7. The monoisotopic (exact) mass is 255 g/mol. The molecule has 2 rings (SSSR count). The maximum absolute atomic E-state index is 13.7. The minimum Gasteiger partial charge on any atom is -0.465 e. The number of halogens is 2. The number of para-hydroxylation sites is 1. The quantitative estimate of drug-likeness (QED) is 0.610. The summed E-state index contributed by atoms with van der Waals surface area (Å²) in [5.74, 6) is -0.766. The minimum absolute atomic E-state index is 0.120. The molecule has 1 heterocycles. The van der Waals surface area contributed by atoms with Crippen LogP contribution >= 0.6 is 11.6 Å². The fourth-order valence-electron chi connectivity index (χ4n) is 2.00. The summed E-state index contributed by atoms with van der Waals surface area (Å²) in [4.78, 5) is 11.7. The number of methoxy groups -OCH3 is 1. The normalized spacial score (nSPS) is 10.8. The third-order valence-corrected chi connectivity index (χ3v) is 3.05. The molecule has 3 nitrogen and oxygen atoms in total. The van der Waals surface area contributed by atoms with Crippen LogP contribution in [0.5, 0.6) is 0 Å². The molecule has 0 N–H and O–H groups in total. The first kappa shape index (κ1) is 11.9. The fraction of sp³-hybridized carbons (Fsp3) is 0.250. The highest BCUT2D eigenvalue weighted by atomic mass is 35.5. The molecule has 0 atom stereocenters. The standard InChI is InChI=1S/C12H11ClFNO2/c1-15-9(6-13)10(12(16)17-2)7-4-3-5-8(14)11(7)15/h3-5H,6H2,1-2H3. The van der Waals surface area contributed by atoms with Crippen molar-refractivity contribution in [2.24, 2.45) is 7.05 Å². The van der Waals surface area contributed by atoms with Gasteiger partial charge in [-0.2, -0.15) is 0 Å². The highest BCUT2D eigenvalue weighted by molar-refractivity contribution is 6.18. The van der Waals surface area contributed by atoms with Crippen molar-refractivity contribution in [2.75, 3.05) is 7.11 Å². The molecular formula is C12H11ClFNO2. The van der Waals surface area contributed by atoms with E-state index in [9.17, 15) is 9.18 Å². The topological polar surface area (TPSA) is 31.2 Å². The van der Waals surface area contributed by atoms with Gasteiger partial charge in [0.1, 0.15) is 5.82 Å². The Hall–Kier alpha value is -1.55. The number of aryl methyl sites for hydroxylation is 1. The van der Waals surface area contributed by atoms with Crippen molar-refractivity contribution in [1.82, 2.24) is 4.57 Å². The van der Waals surface area contributed by atoms with Gasteiger partial charge in [-0.1, -0.05) is 12.1 Å². The average Bonchev–Trinajstić information content (AvgIpc) is 2.62. The van der Waals surface area contributed by atoms with Crippen LogP contribution in [0.2, 0.25) is 0 Å². The number of alkyl halides is 1. The van der Waals surface area contributed by atoms with Crippen LogP contribution in [0.3, 0.4) is 0 Å². The summed E-state index contributed by atoms with van der Waals surface area (Å²) in [7, 11) is 2.97. The van der Waals surface area contributed by atoms with Crippen LogP contribution < -0.4 is 0 Å². The Morgan fingerprint density at radius 3 is 2.82 bits per heavy atom. The van der Waals surface area contributed by atoms with Crippen molar-refractivity contribution in [3.63, 3.8) is 0 Å². The number of hydrogen-bond donors (Lipinski definition) is 0. The molecule has 1 aromatic carbocycles. The van der Waals surface area contributed by atoms with Crippen LogP contribution in [0.4, 0.5) is 4.39 Å². The van der Waals surface area contributed by atoms with E-state index in [2.05, 4.69) is 0 Å². The van der Waals surface area contributed by atoms with Gasteiger partial charge in [0, 0.05) is 18.1 Å². The molecule has 90 valence electrons. The van der Waals surface area contributed by atoms with Gasteiger partial charge in [0.2, 0.25) is 0 Å². The molecule has 0 saturated carbocycles. The number of hydrogen-bond acceptors (Lipinski definition) is 2. The highest BCUT2D eigenvalue weighted by Crippen LogP contribution is 2.28. The molecule has 17 heavy (non-hydrogen) atoms. The molecule has 0 amide bonds. The number of benzene rings is 1. The van der Waals surface area contributed by atoms with Crippen LogP contribution in [0.1, 0.15) is 16.1 Å². The summed E-state index contributed by atoms with van der Waals surface area (Å²) < 4.78 is 20.0. The molecule has 0 unspecified atom stereocenters. The Kier molecular flexibility index (Phi) is 3.07. The Labute approximate surface area is 103 Å². The first-order valence-electron chi connectivity index (χ1n) is 5.01. The number of nitrogens with zero attached hydrogens (tertiary/aromatic N) is 1. The number of carbonyl (C=O) groups is 1. The lowest BCUT2D eigenvalue weighted by Crippen LogP contribution is -2.05. The Morgan fingerprint density at radius 2 is 2.24 bits per heavy atom. The van der Waals surface area contributed by atoms with Crippen LogP contribution in [-0.2, 0) is 17.7 Å². The summed E-state index contributed by atoms with van der Waals surface area (Å²) in [6.45, 7) is 0. The second-order valence-corrected chi connectivity index (χ2v) is 3.91. The number of aromatic nitrogens is 1. The molecule has 0 aliphatic rings. The predicted octanol–water partition coefficient (Wildman–Crippen LogP) is 2.84. The molecule has 0 aliphatic carbocycles. The van der Waals surface area contributed by atoms with E-state index in [-0.39, 0.29) is 11.7 Å². The molecule has 0 saturated heterocycles. The molecule has 5 heteroatoms. The van der Waals surface area contributed by atoms with Gasteiger partial charge in [0.15, 0.2) is 0 Å². The predicted molar refractivity (Wildman–Crippen MR) is 63.8 cm³/mol. The summed E-state index contributed by atoms with van der Waals surface area (Å²) in [5, 5.41) is 0.523. The minimum atomic E-state index is -0.503. The lowest BCUT2D eigenvalue weighted by Gasteiger charge is -2.02. The van der Waals surface area contributed by atoms with Gasteiger partial charge in [0.25, 0.3) is 0 Å². The van der Waals surface area contributed by atoms with Crippen molar-refractivity contribution in [2.45, 2.75) is 5.88 Å². The van der Waals surface area contributed by atoms with Gasteiger partial charge in [0.05, 0.1) is 24.1 Å². The summed E-state index contributed by atoms with van der Waals surface area (Å²) in [6, 6.07) is 4.59. The molecule has 2 aromatic rings. The summed E-state index contributed by atoms with van der Waals surface area (Å²) >= 11 is 5.81. The van der Waals surface area contributed by atoms with Gasteiger partial charge in [-0.05, 0) is 6.07 Å². The third kappa shape index (κ3) is 1.69. The van der Waals surface area contributed by atoms with Gasteiger partial charge in [-0.3, -0.25) is 0 Å². The van der Waals surface area contributed by atoms with E-state index in [1.807, 2.05) is 0 Å². The number of fused-ring (bicyclic) bond motifs is 1. The fourth-order valence-corrected chi connectivity index (χ4v) is 2.32. The van der Waals surface area contributed by atoms with E-state index in [0.717, 1.165) is 0 Å². The molecule has 0 aliphatic heterocycles. The van der Waals surface area contributed by atoms with E-state index in [1.165, 1.54) is 13.2 Å². The summed E-state index contributed by atoms with van der Waals surface area (Å²) in [5.41, 5.74) is 1.25. The second kappa shape index (κ2) is 4.37. The van der Waals surface area contributed by atoms with E-state index in [0.29, 0.717) is 22.2 Å². The van der Waals surface area contributed by atoms with Gasteiger partial charge in [-0.25, -0.2) is 9.18 Å². The van der Waals surface area contributed by atoms with Gasteiger partial charge >= 0.3 is 5.97 Å². The zero-order valence-corrected chi connectivity index (χ0v) is 10.2.